The smallest absolute Gasteiger partial charge is 0.318 e. The van der Waals surface area contributed by atoms with Crippen LogP contribution in [0.25, 0.3) is 10.2 Å². The standard InChI is InChI=1S/C27H27NO3S2/c1-30-22-13-16-24-25(18-22)33-26(28-24)19-27(29)31-21-11-14-23(15-12-21)32-17-7-3-6-10-20-8-4-2-5-9-20/h2,4-5,8-9,11-16,18H,3,6-7,10,17,19H2,1H3. The average Bonchev–Trinajstić information content (AvgIpc) is 3.24. The molecule has 0 spiro atoms. The molecule has 33 heavy (non-hydrogen) atoms. The van der Waals surface area contributed by atoms with Gasteiger partial charge in [-0.2, -0.15) is 0 Å². The molecule has 0 amide bonds. The Morgan fingerprint density at radius 2 is 1.73 bits per heavy atom. The SMILES string of the molecule is COc1ccc2nc(CC(=O)Oc3ccc(SCCCCCc4ccccc4)cc3)sc2c1. The van der Waals surface area contributed by atoms with E-state index >= 15 is 0 Å². The number of nitrogens with zero attached hydrogens (tertiary/aromatic N) is 1. The van der Waals surface area contributed by atoms with Gasteiger partial charge in [0.15, 0.2) is 0 Å². The Bertz CT molecular complexity index is 1170. The Hall–Kier alpha value is -2.83. The van der Waals surface area contributed by atoms with E-state index in [-0.39, 0.29) is 12.4 Å². The zero-order chi connectivity index (χ0) is 22.9. The molecule has 4 nitrogen and oxygen atoms in total. The van der Waals surface area contributed by atoms with E-state index in [1.807, 2.05) is 54.2 Å². The van der Waals surface area contributed by atoms with E-state index in [0.717, 1.165) is 33.1 Å². The number of rotatable bonds is 11. The highest BCUT2D eigenvalue weighted by Gasteiger charge is 2.12. The highest BCUT2D eigenvalue weighted by molar-refractivity contribution is 7.99. The number of aromatic nitrogens is 1. The fraction of sp³-hybridized carbons (Fsp3) is 0.259. The number of thiazole rings is 1. The molecule has 0 saturated heterocycles. The fourth-order valence-corrected chi connectivity index (χ4v) is 5.39. The molecule has 0 N–H and O–H groups in total. The van der Waals surface area contributed by atoms with Crippen LogP contribution in [0.5, 0.6) is 11.5 Å². The number of fused-ring (bicyclic) bond motifs is 1. The van der Waals surface area contributed by atoms with Crippen LogP contribution < -0.4 is 9.47 Å². The van der Waals surface area contributed by atoms with Crippen molar-refractivity contribution in [3.8, 4) is 11.5 Å². The molecule has 6 heteroatoms. The minimum absolute atomic E-state index is 0.154. The third-order valence-electron chi connectivity index (χ3n) is 5.21. The lowest BCUT2D eigenvalue weighted by molar-refractivity contribution is -0.133. The maximum atomic E-state index is 12.4. The number of benzene rings is 3. The summed E-state index contributed by atoms with van der Waals surface area (Å²) in [6, 6.07) is 24.1. The number of aryl methyl sites for hydroxylation is 1. The van der Waals surface area contributed by atoms with Gasteiger partial charge < -0.3 is 9.47 Å². The van der Waals surface area contributed by atoms with Crippen LogP contribution in [0.2, 0.25) is 0 Å². The van der Waals surface area contributed by atoms with Crippen molar-refractivity contribution in [1.82, 2.24) is 4.98 Å². The predicted molar refractivity (Wildman–Crippen MR) is 137 cm³/mol. The van der Waals surface area contributed by atoms with Crippen LogP contribution in [0.4, 0.5) is 0 Å². The summed E-state index contributed by atoms with van der Waals surface area (Å²) in [4.78, 5) is 18.1. The molecule has 4 aromatic rings. The summed E-state index contributed by atoms with van der Waals surface area (Å²) < 4.78 is 11.8. The van der Waals surface area contributed by atoms with Gasteiger partial charge in [0.05, 0.1) is 23.7 Å². The van der Waals surface area contributed by atoms with Crippen molar-refractivity contribution in [3.05, 3.63) is 83.4 Å². The largest absolute Gasteiger partial charge is 0.497 e. The number of methoxy groups -OCH3 is 1. The number of carbonyl (C=O) groups excluding carboxylic acids is 1. The second-order valence-corrected chi connectivity index (χ2v) is 9.99. The molecule has 4 rings (SSSR count). The number of hydrogen-bond acceptors (Lipinski definition) is 6. The molecule has 1 aromatic heterocycles. The molecule has 0 aliphatic carbocycles. The van der Waals surface area contributed by atoms with Crippen molar-refractivity contribution in [2.24, 2.45) is 0 Å². The summed E-state index contributed by atoms with van der Waals surface area (Å²) >= 11 is 3.33. The molecule has 0 aliphatic heterocycles. The first-order valence-corrected chi connectivity index (χ1v) is 12.9. The van der Waals surface area contributed by atoms with Gasteiger partial charge in [-0.3, -0.25) is 4.79 Å². The van der Waals surface area contributed by atoms with Crippen LogP contribution in [0.3, 0.4) is 0 Å². The summed E-state index contributed by atoms with van der Waals surface area (Å²) in [6.45, 7) is 0. The minimum atomic E-state index is -0.306. The zero-order valence-electron chi connectivity index (χ0n) is 18.7. The molecule has 0 aliphatic rings. The fourth-order valence-electron chi connectivity index (χ4n) is 3.49. The van der Waals surface area contributed by atoms with Gasteiger partial charge in [0.1, 0.15) is 16.5 Å². The number of ether oxygens (including phenoxy) is 2. The Kier molecular flexibility index (Phi) is 8.39. The second kappa shape index (κ2) is 11.9. The number of hydrogen-bond donors (Lipinski definition) is 0. The summed E-state index contributed by atoms with van der Waals surface area (Å²) in [5.41, 5.74) is 2.28. The van der Waals surface area contributed by atoms with Gasteiger partial charge in [-0.15, -0.1) is 23.1 Å². The van der Waals surface area contributed by atoms with Crippen molar-refractivity contribution < 1.29 is 14.3 Å². The van der Waals surface area contributed by atoms with Gasteiger partial charge in [-0.25, -0.2) is 4.98 Å². The molecule has 3 aromatic carbocycles. The van der Waals surface area contributed by atoms with Gasteiger partial charge in [0.2, 0.25) is 0 Å². The molecule has 1 heterocycles. The molecule has 0 fully saturated rings. The van der Waals surface area contributed by atoms with E-state index in [9.17, 15) is 4.79 Å². The van der Waals surface area contributed by atoms with Crippen LogP contribution in [0.15, 0.2) is 77.7 Å². The summed E-state index contributed by atoms with van der Waals surface area (Å²) in [6.07, 6.45) is 4.96. The average molecular weight is 478 g/mol. The molecule has 0 atom stereocenters. The van der Waals surface area contributed by atoms with Crippen molar-refractivity contribution in [1.29, 1.82) is 0 Å². The van der Waals surface area contributed by atoms with Crippen molar-refractivity contribution >= 4 is 39.3 Å². The first kappa shape index (κ1) is 23.3. The van der Waals surface area contributed by atoms with E-state index in [0.29, 0.717) is 5.75 Å². The number of thioether (sulfide) groups is 1. The lowest BCUT2D eigenvalue weighted by Crippen LogP contribution is -2.10. The van der Waals surface area contributed by atoms with Crippen LogP contribution >= 0.6 is 23.1 Å². The van der Waals surface area contributed by atoms with Gasteiger partial charge in [0.25, 0.3) is 0 Å². The zero-order valence-corrected chi connectivity index (χ0v) is 20.3. The van der Waals surface area contributed by atoms with E-state index in [2.05, 4.69) is 35.3 Å². The summed E-state index contributed by atoms with van der Waals surface area (Å²) in [7, 11) is 1.64. The Labute approximate surface area is 203 Å². The van der Waals surface area contributed by atoms with E-state index in [1.54, 1.807) is 7.11 Å². The Morgan fingerprint density at radius 1 is 0.939 bits per heavy atom. The molecule has 0 bridgehead atoms. The second-order valence-electron chi connectivity index (χ2n) is 7.71. The quantitative estimate of drug-likeness (QED) is 0.101. The highest BCUT2D eigenvalue weighted by Crippen LogP contribution is 2.27. The van der Waals surface area contributed by atoms with Crippen LogP contribution in [-0.4, -0.2) is 23.8 Å². The molecule has 0 unspecified atom stereocenters. The van der Waals surface area contributed by atoms with Gasteiger partial charge in [-0.1, -0.05) is 36.8 Å². The third-order valence-corrected chi connectivity index (χ3v) is 7.33. The Morgan fingerprint density at radius 3 is 2.52 bits per heavy atom. The highest BCUT2D eigenvalue weighted by atomic mass is 32.2. The number of unbranched alkanes of at least 4 members (excludes halogenated alkanes) is 2. The van der Waals surface area contributed by atoms with Crippen LogP contribution in [0.1, 0.15) is 29.8 Å². The molecule has 0 saturated carbocycles. The summed E-state index contributed by atoms with van der Waals surface area (Å²) in [5, 5.41) is 0.739. The maximum Gasteiger partial charge on any atom is 0.318 e. The van der Waals surface area contributed by atoms with Gasteiger partial charge in [0, 0.05) is 4.90 Å². The summed E-state index contributed by atoms with van der Waals surface area (Å²) in [5.74, 6) is 2.14. The van der Waals surface area contributed by atoms with Crippen molar-refractivity contribution in [2.45, 2.75) is 37.0 Å². The normalized spacial score (nSPS) is 10.9. The first-order chi connectivity index (χ1) is 16.2. The molecule has 170 valence electrons. The Balaban J connectivity index is 1.18. The first-order valence-electron chi connectivity index (χ1n) is 11.1. The lowest BCUT2D eigenvalue weighted by atomic mass is 10.1. The van der Waals surface area contributed by atoms with E-state index in [4.69, 9.17) is 9.47 Å². The van der Waals surface area contributed by atoms with Crippen LogP contribution in [0, 0.1) is 0 Å². The maximum absolute atomic E-state index is 12.4. The monoisotopic (exact) mass is 477 g/mol. The number of esters is 1. The topological polar surface area (TPSA) is 48.4 Å². The van der Waals surface area contributed by atoms with Gasteiger partial charge in [-0.05, 0) is 73.0 Å². The third kappa shape index (κ3) is 7.07. The van der Waals surface area contributed by atoms with Crippen molar-refractivity contribution in [2.75, 3.05) is 12.9 Å². The van der Waals surface area contributed by atoms with E-state index in [1.165, 1.54) is 41.1 Å². The molecule has 0 radical (unpaired) electrons. The van der Waals surface area contributed by atoms with E-state index < -0.39 is 0 Å². The molecular formula is C27H27NO3S2. The minimum Gasteiger partial charge on any atom is -0.497 e. The molecular weight excluding hydrogens is 450 g/mol. The lowest BCUT2D eigenvalue weighted by Gasteiger charge is -2.05. The van der Waals surface area contributed by atoms with Gasteiger partial charge >= 0.3 is 5.97 Å². The predicted octanol–water partition coefficient (Wildman–Crippen LogP) is 6.96. The number of carbonyl (C=O) groups is 1. The van der Waals surface area contributed by atoms with Crippen LogP contribution in [-0.2, 0) is 17.6 Å². The van der Waals surface area contributed by atoms with Crippen molar-refractivity contribution in [3.63, 3.8) is 0 Å².